The van der Waals surface area contributed by atoms with Gasteiger partial charge in [-0.25, -0.2) is 0 Å². The van der Waals surface area contributed by atoms with E-state index in [-0.39, 0.29) is 5.54 Å². The highest BCUT2D eigenvalue weighted by atomic mass is 15.0. The molecule has 0 saturated carbocycles. The second kappa shape index (κ2) is 2.84. The van der Waals surface area contributed by atoms with E-state index in [2.05, 4.69) is 50.1 Å². The molecule has 2 rings (SSSR count). The van der Waals surface area contributed by atoms with Crippen LogP contribution in [0.25, 0.3) is 0 Å². The Labute approximate surface area is 85.1 Å². The van der Waals surface area contributed by atoms with Gasteiger partial charge in [-0.3, -0.25) is 4.99 Å². The Morgan fingerprint density at radius 3 is 2.50 bits per heavy atom. The van der Waals surface area contributed by atoms with E-state index in [4.69, 9.17) is 0 Å². The number of aliphatic imine (C=N–C) groups is 1. The number of hydrogen-bond donors (Lipinski definition) is 1. The Balaban J connectivity index is 2.52. The molecule has 0 aromatic heterocycles. The number of fused-ring (bicyclic) bond motifs is 1. The van der Waals surface area contributed by atoms with Gasteiger partial charge < -0.3 is 5.32 Å². The maximum atomic E-state index is 4.46. The molecule has 1 heterocycles. The molecule has 14 heavy (non-hydrogen) atoms. The third kappa shape index (κ3) is 1.52. The molecule has 1 aliphatic rings. The number of aryl methyl sites for hydroxylation is 2. The standard InChI is InChI=1S/C12H16N2/c1-8-5-10-11(6-9(8)2)14-12(3,4)7-13-10/h5-7,14H,1-4H3. The van der Waals surface area contributed by atoms with E-state index < -0.39 is 0 Å². The maximum Gasteiger partial charge on any atom is 0.0861 e. The summed E-state index contributed by atoms with van der Waals surface area (Å²) in [6.07, 6.45) is 1.96. The largest absolute Gasteiger partial charge is 0.373 e. The van der Waals surface area contributed by atoms with Gasteiger partial charge in [0.1, 0.15) is 0 Å². The van der Waals surface area contributed by atoms with Crippen molar-refractivity contribution in [3.05, 3.63) is 23.3 Å². The quantitative estimate of drug-likeness (QED) is 0.664. The fraction of sp³-hybridized carbons (Fsp3) is 0.417. The van der Waals surface area contributed by atoms with Crippen molar-refractivity contribution in [1.82, 2.24) is 0 Å². The van der Waals surface area contributed by atoms with Crippen molar-refractivity contribution < 1.29 is 0 Å². The molecule has 0 amide bonds. The average molecular weight is 188 g/mol. The highest BCUT2D eigenvalue weighted by molar-refractivity contribution is 5.86. The van der Waals surface area contributed by atoms with Gasteiger partial charge in [0.25, 0.3) is 0 Å². The molecular weight excluding hydrogens is 172 g/mol. The first-order chi connectivity index (χ1) is 6.48. The molecule has 0 radical (unpaired) electrons. The van der Waals surface area contributed by atoms with Gasteiger partial charge in [0, 0.05) is 6.21 Å². The first-order valence-electron chi connectivity index (χ1n) is 4.93. The topological polar surface area (TPSA) is 24.4 Å². The molecule has 74 valence electrons. The zero-order valence-corrected chi connectivity index (χ0v) is 9.18. The minimum atomic E-state index is -0.0330. The summed E-state index contributed by atoms with van der Waals surface area (Å²) in [5.41, 5.74) is 4.76. The maximum absolute atomic E-state index is 4.46. The molecule has 0 bridgehead atoms. The first-order valence-corrected chi connectivity index (χ1v) is 4.93. The lowest BCUT2D eigenvalue weighted by Crippen LogP contribution is -2.34. The molecule has 1 aliphatic heterocycles. The van der Waals surface area contributed by atoms with Crippen molar-refractivity contribution in [3.63, 3.8) is 0 Å². The smallest absolute Gasteiger partial charge is 0.0861 e. The van der Waals surface area contributed by atoms with Gasteiger partial charge in [0.05, 0.1) is 16.9 Å². The van der Waals surface area contributed by atoms with Gasteiger partial charge in [-0.05, 0) is 51.0 Å². The lowest BCUT2D eigenvalue weighted by Gasteiger charge is -2.28. The van der Waals surface area contributed by atoms with Crippen molar-refractivity contribution in [2.45, 2.75) is 33.2 Å². The summed E-state index contributed by atoms with van der Waals surface area (Å²) in [5.74, 6) is 0. The van der Waals surface area contributed by atoms with E-state index in [1.165, 1.54) is 11.1 Å². The molecule has 0 aliphatic carbocycles. The van der Waals surface area contributed by atoms with Crippen LogP contribution in [0, 0.1) is 13.8 Å². The van der Waals surface area contributed by atoms with Crippen molar-refractivity contribution >= 4 is 17.6 Å². The molecule has 0 fully saturated rings. The van der Waals surface area contributed by atoms with Gasteiger partial charge in [-0.1, -0.05) is 0 Å². The Kier molecular flexibility index (Phi) is 1.88. The van der Waals surface area contributed by atoms with Crippen LogP contribution >= 0.6 is 0 Å². The number of nitrogens with one attached hydrogen (secondary N) is 1. The number of anilines is 1. The third-order valence-corrected chi connectivity index (χ3v) is 2.60. The Bertz CT molecular complexity index is 403. The highest BCUT2D eigenvalue weighted by Crippen LogP contribution is 2.33. The third-order valence-electron chi connectivity index (χ3n) is 2.60. The van der Waals surface area contributed by atoms with Gasteiger partial charge in [-0.15, -0.1) is 0 Å². The Hall–Kier alpha value is -1.31. The highest BCUT2D eigenvalue weighted by Gasteiger charge is 2.20. The second-order valence-electron chi connectivity index (χ2n) is 4.56. The van der Waals surface area contributed by atoms with Gasteiger partial charge >= 0.3 is 0 Å². The van der Waals surface area contributed by atoms with E-state index >= 15 is 0 Å². The minimum absolute atomic E-state index is 0.0330. The van der Waals surface area contributed by atoms with Crippen LogP contribution in [0.5, 0.6) is 0 Å². The minimum Gasteiger partial charge on any atom is -0.373 e. The van der Waals surface area contributed by atoms with E-state index in [1.807, 2.05) is 6.21 Å². The van der Waals surface area contributed by atoms with Crippen LogP contribution in [0.15, 0.2) is 17.1 Å². The van der Waals surface area contributed by atoms with Crippen LogP contribution < -0.4 is 5.32 Å². The fourth-order valence-electron chi connectivity index (χ4n) is 1.62. The van der Waals surface area contributed by atoms with Crippen LogP contribution in [-0.4, -0.2) is 11.8 Å². The molecule has 0 atom stereocenters. The van der Waals surface area contributed by atoms with Crippen LogP contribution in [0.2, 0.25) is 0 Å². The summed E-state index contributed by atoms with van der Waals surface area (Å²) in [5, 5.41) is 3.45. The van der Waals surface area contributed by atoms with Crippen LogP contribution in [0.1, 0.15) is 25.0 Å². The van der Waals surface area contributed by atoms with E-state index in [0.29, 0.717) is 0 Å². The predicted octanol–water partition coefficient (Wildman–Crippen LogP) is 3.21. The second-order valence-corrected chi connectivity index (χ2v) is 4.56. The molecule has 2 nitrogen and oxygen atoms in total. The monoisotopic (exact) mass is 188 g/mol. The van der Waals surface area contributed by atoms with Crippen molar-refractivity contribution in [2.75, 3.05) is 5.32 Å². The average Bonchev–Trinajstić information content (AvgIpc) is 2.07. The number of benzene rings is 1. The summed E-state index contributed by atoms with van der Waals surface area (Å²) in [6, 6.07) is 4.30. The summed E-state index contributed by atoms with van der Waals surface area (Å²) < 4.78 is 0. The molecule has 1 N–H and O–H groups in total. The summed E-state index contributed by atoms with van der Waals surface area (Å²) in [4.78, 5) is 4.46. The number of hydrogen-bond acceptors (Lipinski definition) is 2. The fourth-order valence-corrected chi connectivity index (χ4v) is 1.62. The normalized spacial score (nSPS) is 17.4. The van der Waals surface area contributed by atoms with Crippen molar-refractivity contribution in [1.29, 1.82) is 0 Å². The van der Waals surface area contributed by atoms with E-state index in [9.17, 15) is 0 Å². The number of nitrogens with zero attached hydrogens (tertiary/aromatic N) is 1. The lowest BCUT2D eigenvalue weighted by molar-refractivity contribution is 0.768. The SMILES string of the molecule is Cc1cc2c(cc1C)NC(C)(C)C=N2. The van der Waals surface area contributed by atoms with Gasteiger partial charge in [0.15, 0.2) is 0 Å². The summed E-state index contributed by atoms with van der Waals surface area (Å²) in [6.45, 7) is 8.48. The predicted molar refractivity (Wildman–Crippen MR) is 61.8 cm³/mol. The van der Waals surface area contributed by atoms with Crippen molar-refractivity contribution in [3.8, 4) is 0 Å². The summed E-state index contributed by atoms with van der Waals surface area (Å²) >= 11 is 0. The Morgan fingerprint density at radius 1 is 1.14 bits per heavy atom. The lowest BCUT2D eigenvalue weighted by atomic mass is 10.0. The molecule has 0 saturated heterocycles. The molecular formula is C12H16N2. The van der Waals surface area contributed by atoms with E-state index in [1.54, 1.807) is 0 Å². The van der Waals surface area contributed by atoms with Crippen LogP contribution in [0.3, 0.4) is 0 Å². The van der Waals surface area contributed by atoms with Gasteiger partial charge in [-0.2, -0.15) is 0 Å². The molecule has 1 aromatic carbocycles. The molecule has 2 heteroatoms. The number of rotatable bonds is 0. The zero-order valence-electron chi connectivity index (χ0n) is 9.18. The molecule has 1 aromatic rings. The van der Waals surface area contributed by atoms with Crippen LogP contribution in [0.4, 0.5) is 11.4 Å². The zero-order chi connectivity index (χ0) is 10.3. The summed E-state index contributed by atoms with van der Waals surface area (Å²) in [7, 11) is 0. The first kappa shape index (κ1) is 9.25. The van der Waals surface area contributed by atoms with Crippen LogP contribution in [-0.2, 0) is 0 Å². The molecule has 0 spiro atoms. The van der Waals surface area contributed by atoms with Gasteiger partial charge in [0.2, 0.25) is 0 Å². The molecule has 0 unspecified atom stereocenters. The van der Waals surface area contributed by atoms with E-state index in [0.717, 1.165) is 11.4 Å². The Morgan fingerprint density at radius 2 is 1.79 bits per heavy atom. The van der Waals surface area contributed by atoms with Crippen molar-refractivity contribution in [2.24, 2.45) is 4.99 Å².